The zero-order valence-corrected chi connectivity index (χ0v) is 25.9. The van der Waals surface area contributed by atoms with E-state index in [-0.39, 0.29) is 14.5 Å². The van der Waals surface area contributed by atoms with E-state index in [0.717, 1.165) is 22.3 Å². The molecule has 4 heteroatoms. The van der Waals surface area contributed by atoms with Crippen molar-refractivity contribution >= 4 is 55.3 Å². The SMILES string of the molecule is c1ccc(-c2nc(-c3ccccc3)nc(-c3ccccc3-c3cc4ccccc4c4c3ccc3c5ccccc5[se]c34)n2)cc1. The molecule has 0 saturated carbocycles. The molecule has 0 atom stereocenters. The zero-order chi connectivity index (χ0) is 29.7. The Labute approximate surface area is 266 Å². The van der Waals surface area contributed by atoms with Crippen molar-refractivity contribution in [2.75, 3.05) is 0 Å². The summed E-state index contributed by atoms with van der Waals surface area (Å²) in [4.78, 5) is 15.1. The summed E-state index contributed by atoms with van der Waals surface area (Å²) in [6.07, 6.45) is 0. The van der Waals surface area contributed by atoms with E-state index in [9.17, 15) is 0 Å². The molecule has 0 bridgehead atoms. The second-order valence-electron chi connectivity index (χ2n) is 11.2. The standard InChI is InChI=1S/C41H25N3Se/c1-3-13-26(14-4-1)39-42-40(27-15-5-2-6-16-27)44-41(43-39)34-21-10-9-19-30(34)35-25-28-17-7-8-18-29(28)37-32(35)23-24-33-31-20-11-12-22-36(31)45-38(33)37/h1-25H. The van der Waals surface area contributed by atoms with E-state index >= 15 is 0 Å². The summed E-state index contributed by atoms with van der Waals surface area (Å²) in [6.45, 7) is 0. The summed E-state index contributed by atoms with van der Waals surface area (Å²) < 4.78 is 2.92. The van der Waals surface area contributed by atoms with Gasteiger partial charge in [-0.2, -0.15) is 0 Å². The van der Waals surface area contributed by atoms with Gasteiger partial charge in [0.1, 0.15) is 0 Å². The molecule has 210 valence electrons. The topological polar surface area (TPSA) is 38.7 Å². The number of aromatic nitrogens is 3. The summed E-state index contributed by atoms with van der Waals surface area (Å²) in [6, 6.07) is 53.5. The maximum atomic E-state index is 5.09. The second kappa shape index (κ2) is 10.6. The van der Waals surface area contributed by atoms with Crippen molar-refractivity contribution in [3.8, 4) is 45.3 Å². The third-order valence-electron chi connectivity index (χ3n) is 8.52. The monoisotopic (exact) mass is 639 g/mol. The van der Waals surface area contributed by atoms with Crippen LogP contribution < -0.4 is 0 Å². The minimum atomic E-state index is 0.232. The summed E-state index contributed by atoms with van der Waals surface area (Å²) in [5.41, 5.74) is 5.21. The van der Waals surface area contributed by atoms with Gasteiger partial charge in [0, 0.05) is 0 Å². The predicted molar refractivity (Wildman–Crippen MR) is 189 cm³/mol. The first-order chi connectivity index (χ1) is 22.3. The van der Waals surface area contributed by atoms with Crippen molar-refractivity contribution in [3.63, 3.8) is 0 Å². The Hall–Kier alpha value is -5.41. The van der Waals surface area contributed by atoms with Crippen LogP contribution in [0.2, 0.25) is 0 Å². The Balaban J connectivity index is 1.34. The molecule has 0 amide bonds. The van der Waals surface area contributed by atoms with E-state index in [1.165, 1.54) is 46.4 Å². The molecule has 0 N–H and O–H groups in total. The van der Waals surface area contributed by atoms with Gasteiger partial charge in [-0.25, -0.2) is 0 Å². The maximum absolute atomic E-state index is 5.09. The molecule has 0 spiro atoms. The van der Waals surface area contributed by atoms with Crippen LogP contribution >= 0.6 is 0 Å². The van der Waals surface area contributed by atoms with Crippen LogP contribution in [0.1, 0.15) is 0 Å². The number of benzene rings is 7. The van der Waals surface area contributed by atoms with Crippen molar-refractivity contribution in [3.05, 3.63) is 152 Å². The van der Waals surface area contributed by atoms with E-state index in [4.69, 9.17) is 15.0 Å². The third kappa shape index (κ3) is 4.38. The van der Waals surface area contributed by atoms with Gasteiger partial charge in [-0.05, 0) is 0 Å². The minimum absolute atomic E-state index is 0.232. The quantitative estimate of drug-likeness (QED) is 0.142. The van der Waals surface area contributed by atoms with E-state index in [2.05, 4.69) is 115 Å². The number of rotatable bonds is 4. The fourth-order valence-electron chi connectivity index (χ4n) is 6.43. The van der Waals surface area contributed by atoms with Crippen LogP contribution in [0.3, 0.4) is 0 Å². The number of hydrogen-bond donors (Lipinski definition) is 0. The predicted octanol–water partition coefficient (Wildman–Crippen LogP) is 10.2. The van der Waals surface area contributed by atoms with Crippen molar-refractivity contribution < 1.29 is 0 Å². The molecule has 2 heterocycles. The van der Waals surface area contributed by atoms with Gasteiger partial charge < -0.3 is 0 Å². The van der Waals surface area contributed by atoms with Gasteiger partial charge in [0.05, 0.1) is 0 Å². The molecule has 9 aromatic rings. The van der Waals surface area contributed by atoms with Gasteiger partial charge in [0.15, 0.2) is 0 Å². The molecule has 0 radical (unpaired) electrons. The molecule has 0 saturated heterocycles. The van der Waals surface area contributed by atoms with E-state index in [1.54, 1.807) is 0 Å². The Morgan fingerprint density at radius 1 is 0.378 bits per heavy atom. The van der Waals surface area contributed by atoms with Crippen molar-refractivity contribution in [2.24, 2.45) is 0 Å². The Kier molecular flexibility index (Phi) is 6.15. The molecule has 0 aliphatic rings. The van der Waals surface area contributed by atoms with Gasteiger partial charge in [-0.15, -0.1) is 0 Å². The van der Waals surface area contributed by atoms with Crippen LogP contribution in [-0.4, -0.2) is 29.5 Å². The van der Waals surface area contributed by atoms with Crippen molar-refractivity contribution in [2.45, 2.75) is 0 Å². The first-order valence-electron chi connectivity index (χ1n) is 15.0. The summed E-state index contributed by atoms with van der Waals surface area (Å²) >= 11 is 0.232. The van der Waals surface area contributed by atoms with Crippen LogP contribution in [0.15, 0.2) is 152 Å². The molecular weight excluding hydrogens is 613 g/mol. The third-order valence-corrected chi connectivity index (χ3v) is 11.1. The fourth-order valence-corrected chi connectivity index (χ4v) is 9.08. The molecule has 0 unspecified atom stereocenters. The molecule has 9 rings (SSSR count). The zero-order valence-electron chi connectivity index (χ0n) is 24.2. The summed E-state index contributed by atoms with van der Waals surface area (Å²) in [5.74, 6) is 1.99. The van der Waals surface area contributed by atoms with E-state index in [0.29, 0.717) is 17.5 Å². The molecule has 3 nitrogen and oxygen atoms in total. The van der Waals surface area contributed by atoms with Gasteiger partial charge in [0.2, 0.25) is 0 Å². The molecule has 2 aromatic heterocycles. The first kappa shape index (κ1) is 26.0. The number of fused-ring (bicyclic) bond motifs is 7. The molecule has 0 aliphatic heterocycles. The van der Waals surface area contributed by atoms with Gasteiger partial charge in [0.25, 0.3) is 0 Å². The van der Waals surface area contributed by atoms with Gasteiger partial charge in [-0.3, -0.25) is 0 Å². The first-order valence-corrected chi connectivity index (χ1v) is 16.8. The molecular formula is C41H25N3Se. The van der Waals surface area contributed by atoms with E-state index < -0.39 is 0 Å². The van der Waals surface area contributed by atoms with Crippen LogP contribution in [0, 0.1) is 0 Å². The van der Waals surface area contributed by atoms with Gasteiger partial charge in [-0.1, -0.05) is 12.1 Å². The Morgan fingerprint density at radius 2 is 0.933 bits per heavy atom. The molecule has 7 aromatic carbocycles. The van der Waals surface area contributed by atoms with E-state index in [1.807, 2.05) is 36.4 Å². The van der Waals surface area contributed by atoms with Crippen molar-refractivity contribution in [1.29, 1.82) is 0 Å². The van der Waals surface area contributed by atoms with Crippen molar-refractivity contribution in [1.82, 2.24) is 15.0 Å². The fraction of sp³-hybridized carbons (Fsp3) is 0. The average molecular weight is 639 g/mol. The molecule has 0 aliphatic carbocycles. The van der Waals surface area contributed by atoms with Crippen LogP contribution in [0.5, 0.6) is 0 Å². The number of hydrogen-bond acceptors (Lipinski definition) is 3. The van der Waals surface area contributed by atoms with Gasteiger partial charge >= 0.3 is 255 Å². The summed E-state index contributed by atoms with van der Waals surface area (Å²) in [5, 5.41) is 7.90. The summed E-state index contributed by atoms with van der Waals surface area (Å²) in [7, 11) is 0. The second-order valence-corrected chi connectivity index (χ2v) is 13.4. The molecule has 45 heavy (non-hydrogen) atoms. The Bertz CT molecular complexity index is 2480. The normalized spacial score (nSPS) is 11.6. The van der Waals surface area contributed by atoms with Crippen LogP contribution in [-0.2, 0) is 0 Å². The number of nitrogens with zero attached hydrogens (tertiary/aromatic N) is 3. The average Bonchev–Trinajstić information content (AvgIpc) is 3.51. The Morgan fingerprint density at radius 3 is 1.67 bits per heavy atom. The van der Waals surface area contributed by atoms with Crippen LogP contribution in [0.4, 0.5) is 0 Å². The van der Waals surface area contributed by atoms with Crippen LogP contribution in [0.25, 0.3) is 86.1 Å². The molecule has 0 fully saturated rings.